The van der Waals surface area contributed by atoms with Crippen LogP contribution in [-0.2, 0) is 4.74 Å². The second-order valence-corrected chi connectivity index (χ2v) is 11.8. The maximum absolute atomic E-state index is 13.7. The molecule has 0 aromatic heterocycles. The van der Waals surface area contributed by atoms with E-state index in [4.69, 9.17) is 10.00 Å². The molecule has 0 radical (unpaired) electrons. The summed E-state index contributed by atoms with van der Waals surface area (Å²) in [5.74, 6) is 0.532. The minimum Gasteiger partial charge on any atom is -0.459 e. The van der Waals surface area contributed by atoms with Gasteiger partial charge in [0.1, 0.15) is 18.0 Å². The number of halogens is 1. The van der Waals surface area contributed by atoms with Gasteiger partial charge >= 0.3 is 5.97 Å². The monoisotopic (exact) mass is 387 g/mol. The molecule has 0 amide bonds. The number of ether oxygens (including phenoxy) is 1. The van der Waals surface area contributed by atoms with Crippen LogP contribution in [0.5, 0.6) is 0 Å². The number of nitrogens with zero attached hydrogens (tertiary/aromatic N) is 1. The molecule has 27 heavy (non-hydrogen) atoms. The second kappa shape index (κ2) is 9.50. The third-order valence-corrected chi connectivity index (χ3v) is 10.3. The number of rotatable bonds is 5. The molecular formula is C22H30FNO2Si. The summed E-state index contributed by atoms with van der Waals surface area (Å²) in [6, 6.07) is 10.2. The zero-order valence-corrected chi connectivity index (χ0v) is 17.4. The molecule has 1 aliphatic heterocycles. The molecule has 1 aliphatic carbocycles. The van der Waals surface area contributed by atoms with Crippen molar-refractivity contribution in [2.75, 3.05) is 0 Å². The van der Waals surface area contributed by atoms with Gasteiger partial charge in [0.2, 0.25) is 0 Å². The number of hydrogen-bond acceptors (Lipinski definition) is 3. The highest BCUT2D eigenvalue weighted by Gasteiger charge is 2.32. The van der Waals surface area contributed by atoms with Gasteiger partial charge in [0.25, 0.3) is 0 Å². The van der Waals surface area contributed by atoms with Crippen molar-refractivity contribution in [2.45, 2.75) is 76.1 Å². The van der Waals surface area contributed by atoms with Crippen molar-refractivity contribution in [3.8, 4) is 6.07 Å². The Bertz CT molecular complexity index is 686. The largest absolute Gasteiger partial charge is 0.459 e. The molecule has 0 N–H and O–H groups in total. The predicted molar refractivity (Wildman–Crippen MR) is 107 cm³/mol. The van der Waals surface area contributed by atoms with Crippen molar-refractivity contribution < 1.29 is 13.9 Å². The van der Waals surface area contributed by atoms with Crippen molar-refractivity contribution >= 4 is 14.8 Å². The second-order valence-electron chi connectivity index (χ2n) is 8.32. The lowest BCUT2D eigenvalue weighted by Gasteiger charge is -2.37. The molecule has 2 fully saturated rings. The Labute approximate surface area is 163 Å². The molecular weight excluding hydrogens is 357 g/mol. The van der Waals surface area contributed by atoms with Crippen molar-refractivity contribution in [3.63, 3.8) is 0 Å². The topological polar surface area (TPSA) is 50.1 Å². The van der Waals surface area contributed by atoms with Crippen LogP contribution in [0.1, 0.15) is 67.8 Å². The fraction of sp³-hybridized carbons (Fsp3) is 0.636. The molecule has 0 atom stereocenters. The van der Waals surface area contributed by atoms with Gasteiger partial charge in [-0.1, -0.05) is 44.3 Å². The average molecular weight is 388 g/mol. The van der Waals surface area contributed by atoms with Gasteiger partial charge in [0.05, 0.1) is 11.1 Å². The lowest BCUT2D eigenvalue weighted by atomic mass is 9.76. The molecule has 5 heteroatoms. The van der Waals surface area contributed by atoms with Crippen molar-refractivity contribution in [1.29, 1.82) is 5.26 Å². The summed E-state index contributed by atoms with van der Waals surface area (Å²) in [7, 11) is -0.416. The van der Waals surface area contributed by atoms with E-state index in [1.807, 2.05) is 0 Å². The van der Waals surface area contributed by atoms with Gasteiger partial charge in [-0.15, -0.1) is 0 Å². The van der Waals surface area contributed by atoms with E-state index >= 15 is 0 Å². The smallest absolute Gasteiger partial charge is 0.338 e. The number of carbonyl (C=O) groups is 1. The van der Waals surface area contributed by atoms with Crippen LogP contribution in [0, 0.1) is 29.0 Å². The number of benzene rings is 1. The maximum atomic E-state index is 13.7. The number of esters is 1. The van der Waals surface area contributed by atoms with Gasteiger partial charge < -0.3 is 4.74 Å². The zero-order chi connectivity index (χ0) is 19.2. The van der Waals surface area contributed by atoms with Crippen molar-refractivity contribution in [3.05, 3.63) is 35.1 Å². The van der Waals surface area contributed by atoms with Crippen LogP contribution in [0.4, 0.5) is 4.39 Å². The van der Waals surface area contributed by atoms with E-state index in [9.17, 15) is 9.18 Å². The molecule has 1 aromatic rings. The van der Waals surface area contributed by atoms with Gasteiger partial charge in [-0.3, -0.25) is 0 Å². The molecule has 0 unspecified atom stereocenters. The number of hydrogen-bond donors (Lipinski definition) is 0. The summed E-state index contributed by atoms with van der Waals surface area (Å²) in [6.45, 7) is 2.31. The summed E-state index contributed by atoms with van der Waals surface area (Å²) < 4.78 is 19.3. The first-order valence-electron chi connectivity index (χ1n) is 10.5. The normalized spacial score (nSPS) is 28.3. The molecule has 1 aromatic carbocycles. The van der Waals surface area contributed by atoms with Crippen LogP contribution in [0.3, 0.4) is 0 Å². The fourth-order valence-corrected chi connectivity index (χ4v) is 8.47. The first-order chi connectivity index (χ1) is 13.1. The van der Waals surface area contributed by atoms with Crippen LogP contribution in [0.25, 0.3) is 0 Å². The van der Waals surface area contributed by atoms with Crippen LogP contribution < -0.4 is 0 Å². The molecule has 3 rings (SSSR count). The molecule has 1 heterocycles. The molecule has 2 aliphatic rings. The molecule has 1 saturated carbocycles. The summed E-state index contributed by atoms with van der Waals surface area (Å²) in [6.07, 6.45) is 8.28. The van der Waals surface area contributed by atoms with Gasteiger partial charge in [0, 0.05) is 8.80 Å². The Hall–Kier alpha value is -1.67. The molecule has 1 saturated heterocycles. The van der Waals surface area contributed by atoms with Gasteiger partial charge in [0.15, 0.2) is 0 Å². The lowest BCUT2D eigenvalue weighted by Crippen LogP contribution is -2.31. The fourth-order valence-electron chi connectivity index (χ4n) is 4.99. The molecule has 3 nitrogen and oxygen atoms in total. The van der Waals surface area contributed by atoms with E-state index in [-0.39, 0.29) is 17.2 Å². The quantitative estimate of drug-likeness (QED) is 0.498. The minimum atomic E-state index is -0.669. The minimum absolute atomic E-state index is 0.0521. The van der Waals surface area contributed by atoms with E-state index in [2.05, 4.69) is 6.92 Å². The first kappa shape index (κ1) is 20.1. The Balaban J connectivity index is 1.45. The highest BCUT2D eigenvalue weighted by molar-refractivity contribution is 6.58. The maximum Gasteiger partial charge on any atom is 0.338 e. The van der Waals surface area contributed by atoms with Gasteiger partial charge in [-0.25, -0.2) is 9.18 Å². The standard InChI is InChI=1S/C22H30FNO2Si/c1-2-11-27-12-9-17(10-13-27)16-5-7-20(8-6-16)26-22(25)18-3-4-19(15-24)21(23)14-18/h3-4,14,16-17,20,27H,2,5-13H2,1H3. The highest BCUT2D eigenvalue weighted by atomic mass is 28.3. The molecule has 146 valence electrons. The third kappa shape index (κ3) is 5.19. The Morgan fingerprint density at radius 1 is 1.19 bits per heavy atom. The van der Waals surface area contributed by atoms with Gasteiger partial charge in [-0.05, 0) is 55.7 Å². The van der Waals surface area contributed by atoms with E-state index in [1.54, 1.807) is 6.07 Å². The Morgan fingerprint density at radius 3 is 2.44 bits per heavy atom. The predicted octanol–water partition coefficient (Wildman–Crippen LogP) is 5.46. The number of nitriles is 1. The highest BCUT2D eigenvalue weighted by Crippen LogP contribution is 2.40. The average Bonchev–Trinajstić information content (AvgIpc) is 2.69. The SMILES string of the molecule is CCC[SiH]1CCC(C2CCC(OC(=O)c3ccc(C#N)c(F)c3)CC2)CC1. The Kier molecular flexibility index (Phi) is 7.06. The van der Waals surface area contributed by atoms with E-state index < -0.39 is 20.6 Å². The summed E-state index contributed by atoms with van der Waals surface area (Å²) in [4.78, 5) is 12.3. The summed E-state index contributed by atoms with van der Waals surface area (Å²) in [5, 5.41) is 8.78. The Morgan fingerprint density at radius 2 is 1.85 bits per heavy atom. The zero-order valence-electron chi connectivity index (χ0n) is 16.3. The van der Waals surface area contributed by atoms with Gasteiger partial charge in [-0.2, -0.15) is 5.26 Å². The van der Waals surface area contributed by atoms with E-state index in [1.165, 1.54) is 49.5 Å². The van der Waals surface area contributed by atoms with Crippen LogP contribution in [0.15, 0.2) is 18.2 Å². The van der Waals surface area contributed by atoms with Crippen LogP contribution >= 0.6 is 0 Å². The van der Waals surface area contributed by atoms with E-state index in [0.717, 1.165) is 43.6 Å². The lowest BCUT2D eigenvalue weighted by molar-refractivity contribution is 0.0126. The van der Waals surface area contributed by atoms with Crippen molar-refractivity contribution in [2.24, 2.45) is 11.8 Å². The van der Waals surface area contributed by atoms with E-state index in [0.29, 0.717) is 0 Å². The summed E-state index contributed by atoms with van der Waals surface area (Å²) >= 11 is 0. The van der Waals surface area contributed by atoms with Crippen LogP contribution in [-0.4, -0.2) is 20.9 Å². The first-order valence-corrected chi connectivity index (χ1v) is 13.0. The summed E-state index contributed by atoms with van der Waals surface area (Å²) in [5.41, 5.74) is 0.136. The molecule has 0 spiro atoms. The van der Waals surface area contributed by atoms with Crippen LogP contribution in [0.2, 0.25) is 18.1 Å². The number of carbonyl (C=O) groups excluding carboxylic acids is 1. The third-order valence-electron chi connectivity index (χ3n) is 6.57. The molecule has 0 bridgehead atoms. The van der Waals surface area contributed by atoms with Crippen molar-refractivity contribution in [1.82, 2.24) is 0 Å².